The molecule has 0 unspecified atom stereocenters. The molecule has 0 aliphatic heterocycles. The first-order valence-corrected chi connectivity index (χ1v) is 6.48. The van der Waals surface area contributed by atoms with E-state index in [1.165, 1.54) is 11.3 Å². The quantitative estimate of drug-likeness (QED) is 0.924. The highest BCUT2D eigenvalue weighted by Gasteiger charge is 2.24. The minimum Gasteiger partial charge on any atom is -0.340 e. The smallest absolute Gasteiger partial charge is 0.265 e. The fraction of sp³-hybridized carbons (Fsp3) is 0.667. The van der Waals surface area contributed by atoms with Gasteiger partial charge in [0.05, 0.1) is 10.7 Å². The molecule has 1 amide bonds. The zero-order valence-corrected chi connectivity index (χ0v) is 14.5. The molecule has 0 fully saturated rings. The Morgan fingerprint density at radius 3 is 2.26 bits per heavy atom. The van der Waals surface area contributed by atoms with E-state index >= 15 is 0 Å². The number of rotatable bonds is 4. The molecule has 112 valence electrons. The highest BCUT2D eigenvalue weighted by molar-refractivity contribution is 7.13. The van der Waals surface area contributed by atoms with E-state index in [4.69, 9.17) is 5.73 Å². The lowest BCUT2D eigenvalue weighted by molar-refractivity contribution is 0.0744. The summed E-state index contributed by atoms with van der Waals surface area (Å²) >= 11 is 1.45. The lowest BCUT2D eigenvalue weighted by Gasteiger charge is -2.28. The van der Waals surface area contributed by atoms with E-state index in [1.54, 1.807) is 4.90 Å². The summed E-state index contributed by atoms with van der Waals surface area (Å²) < 4.78 is 0. The number of hydrogen-bond acceptors (Lipinski definition) is 4. The van der Waals surface area contributed by atoms with Crippen molar-refractivity contribution in [1.29, 1.82) is 0 Å². The Labute approximate surface area is 131 Å². The van der Waals surface area contributed by atoms with Gasteiger partial charge in [-0.3, -0.25) is 4.79 Å². The van der Waals surface area contributed by atoms with Crippen molar-refractivity contribution in [3.63, 3.8) is 0 Å². The van der Waals surface area contributed by atoms with Gasteiger partial charge in [0.15, 0.2) is 0 Å². The largest absolute Gasteiger partial charge is 0.340 e. The lowest BCUT2D eigenvalue weighted by atomic mass is 9.93. The van der Waals surface area contributed by atoms with E-state index in [0.29, 0.717) is 13.1 Å². The van der Waals surface area contributed by atoms with Crippen LogP contribution in [-0.2, 0) is 0 Å². The summed E-state index contributed by atoms with van der Waals surface area (Å²) in [5.74, 6) is 0.0367. The molecule has 0 bridgehead atoms. The highest BCUT2D eigenvalue weighted by Crippen LogP contribution is 2.21. The first-order chi connectivity index (χ1) is 7.76. The first-order valence-electron chi connectivity index (χ1n) is 5.66. The number of halogens is 2. The van der Waals surface area contributed by atoms with Gasteiger partial charge in [-0.1, -0.05) is 13.8 Å². The average molecular weight is 328 g/mol. The molecule has 2 N–H and O–H groups in total. The summed E-state index contributed by atoms with van der Waals surface area (Å²) in [6.45, 7) is 9.12. The van der Waals surface area contributed by atoms with Crippen LogP contribution in [-0.4, -0.2) is 35.9 Å². The monoisotopic (exact) mass is 327 g/mol. The van der Waals surface area contributed by atoms with E-state index in [1.807, 2.05) is 20.9 Å². The summed E-state index contributed by atoms with van der Waals surface area (Å²) in [5.41, 5.74) is 6.44. The van der Waals surface area contributed by atoms with Crippen LogP contribution in [0.2, 0.25) is 0 Å². The number of carbonyl (C=O) groups is 1. The Morgan fingerprint density at radius 1 is 1.37 bits per heavy atom. The van der Waals surface area contributed by atoms with Crippen LogP contribution in [0.4, 0.5) is 0 Å². The number of amides is 1. The second-order valence-electron chi connectivity index (χ2n) is 5.18. The van der Waals surface area contributed by atoms with Gasteiger partial charge in [0, 0.05) is 13.6 Å². The average Bonchev–Trinajstić information content (AvgIpc) is 2.56. The molecule has 0 atom stereocenters. The van der Waals surface area contributed by atoms with Gasteiger partial charge >= 0.3 is 0 Å². The van der Waals surface area contributed by atoms with Crippen molar-refractivity contribution in [1.82, 2.24) is 9.88 Å². The minimum absolute atomic E-state index is 0. The Hall–Kier alpha value is -0.360. The van der Waals surface area contributed by atoms with Gasteiger partial charge in [0.2, 0.25) is 0 Å². The van der Waals surface area contributed by atoms with E-state index in [9.17, 15) is 4.79 Å². The fourth-order valence-corrected chi connectivity index (χ4v) is 2.60. The third kappa shape index (κ3) is 5.65. The van der Waals surface area contributed by atoms with Crippen LogP contribution in [0.3, 0.4) is 0 Å². The molecule has 4 nitrogen and oxygen atoms in total. The van der Waals surface area contributed by atoms with E-state index in [0.717, 1.165) is 15.6 Å². The number of carbonyl (C=O) groups excluding carboxylic acids is 1. The third-order valence-corrected chi connectivity index (χ3v) is 3.72. The molecule has 0 aliphatic carbocycles. The van der Waals surface area contributed by atoms with Crippen LogP contribution in [0.5, 0.6) is 0 Å². The van der Waals surface area contributed by atoms with Gasteiger partial charge in [0.1, 0.15) is 4.88 Å². The molecule has 19 heavy (non-hydrogen) atoms. The van der Waals surface area contributed by atoms with Crippen LogP contribution in [0.25, 0.3) is 0 Å². The molecule has 1 rings (SSSR count). The number of aromatic nitrogens is 1. The molecule has 1 aromatic rings. The van der Waals surface area contributed by atoms with Gasteiger partial charge in [-0.25, -0.2) is 4.98 Å². The number of hydrogen-bond donors (Lipinski definition) is 1. The summed E-state index contributed by atoms with van der Waals surface area (Å²) in [6.07, 6.45) is 0. The molecule has 0 saturated carbocycles. The van der Waals surface area contributed by atoms with Crippen LogP contribution in [0, 0.1) is 19.3 Å². The maximum Gasteiger partial charge on any atom is 0.265 e. The predicted molar refractivity (Wildman–Crippen MR) is 85.9 cm³/mol. The summed E-state index contributed by atoms with van der Waals surface area (Å²) in [7, 11) is 1.81. The van der Waals surface area contributed by atoms with Crippen LogP contribution in [0.1, 0.15) is 34.2 Å². The molecular weight excluding hydrogens is 305 g/mol. The normalized spacial score (nSPS) is 10.4. The van der Waals surface area contributed by atoms with Crippen LogP contribution >= 0.6 is 36.2 Å². The molecule has 0 aliphatic rings. The van der Waals surface area contributed by atoms with E-state index in [-0.39, 0.29) is 36.1 Å². The maximum atomic E-state index is 12.2. The SMILES string of the molecule is Cc1nc(C)c(C(=O)N(C)CC(C)(C)CN)s1.Cl.Cl. The van der Waals surface area contributed by atoms with Gasteiger partial charge in [-0.2, -0.15) is 0 Å². The van der Waals surface area contributed by atoms with Crippen molar-refractivity contribution in [2.45, 2.75) is 27.7 Å². The second-order valence-corrected chi connectivity index (χ2v) is 6.38. The fourth-order valence-electron chi connectivity index (χ4n) is 1.68. The van der Waals surface area contributed by atoms with Crippen molar-refractivity contribution in [3.8, 4) is 0 Å². The molecule has 1 aromatic heterocycles. The van der Waals surface area contributed by atoms with E-state index < -0.39 is 0 Å². The molecule has 1 heterocycles. The Balaban J connectivity index is 0. The number of aryl methyl sites for hydroxylation is 2. The predicted octanol–water partition coefficient (Wildman–Crippen LogP) is 2.66. The number of nitrogens with two attached hydrogens (primary N) is 1. The number of thiazole rings is 1. The molecule has 0 spiro atoms. The summed E-state index contributed by atoms with van der Waals surface area (Å²) in [6, 6.07) is 0. The molecule has 0 aromatic carbocycles. The van der Waals surface area contributed by atoms with E-state index in [2.05, 4.69) is 18.8 Å². The topological polar surface area (TPSA) is 59.2 Å². The Bertz CT molecular complexity index is 421. The third-order valence-electron chi connectivity index (χ3n) is 2.66. The van der Waals surface area contributed by atoms with Crippen molar-refractivity contribution in [2.24, 2.45) is 11.1 Å². The summed E-state index contributed by atoms with van der Waals surface area (Å²) in [4.78, 5) is 19.0. The van der Waals surface area contributed by atoms with Crippen molar-refractivity contribution in [2.75, 3.05) is 20.1 Å². The zero-order valence-electron chi connectivity index (χ0n) is 12.0. The standard InChI is InChI=1S/C12H21N3OS.2ClH/c1-8-10(17-9(2)14-8)11(16)15(5)7-12(3,4)6-13;;/h6-7,13H2,1-5H3;2*1H. The molecule has 7 heteroatoms. The van der Waals surface area contributed by atoms with Gasteiger partial charge in [-0.05, 0) is 25.8 Å². The Morgan fingerprint density at radius 2 is 1.89 bits per heavy atom. The van der Waals surface area contributed by atoms with Gasteiger partial charge in [-0.15, -0.1) is 36.2 Å². The lowest BCUT2D eigenvalue weighted by Crippen LogP contribution is -2.39. The second kappa shape index (κ2) is 8.04. The molecule has 0 radical (unpaired) electrons. The van der Waals surface area contributed by atoms with Crippen molar-refractivity contribution in [3.05, 3.63) is 15.6 Å². The number of nitrogens with zero attached hydrogens (tertiary/aromatic N) is 2. The van der Waals surface area contributed by atoms with Gasteiger partial charge < -0.3 is 10.6 Å². The van der Waals surface area contributed by atoms with Crippen molar-refractivity contribution >= 4 is 42.1 Å². The van der Waals surface area contributed by atoms with Crippen molar-refractivity contribution < 1.29 is 4.79 Å². The van der Waals surface area contributed by atoms with Crippen LogP contribution < -0.4 is 5.73 Å². The minimum atomic E-state index is -0.0575. The highest BCUT2D eigenvalue weighted by atomic mass is 35.5. The van der Waals surface area contributed by atoms with Gasteiger partial charge in [0.25, 0.3) is 5.91 Å². The molecule has 0 saturated heterocycles. The summed E-state index contributed by atoms with van der Waals surface area (Å²) in [5, 5.41) is 0.928. The maximum absolute atomic E-state index is 12.2. The first kappa shape index (κ1) is 20.9. The molecular formula is C12H23Cl2N3OS. The Kier molecular flexibility index (Phi) is 8.87. The zero-order chi connectivity index (χ0) is 13.2. The van der Waals surface area contributed by atoms with Crippen LogP contribution in [0.15, 0.2) is 0 Å².